The summed E-state index contributed by atoms with van der Waals surface area (Å²) in [4.78, 5) is 19.6. The van der Waals surface area contributed by atoms with E-state index in [1.807, 2.05) is 12.1 Å². The number of hydrogen-bond acceptors (Lipinski definition) is 6. The Labute approximate surface area is 120 Å². The quantitative estimate of drug-likeness (QED) is 0.633. The van der Waals surface area contributed by atoms with Crippen LogP contribution in [0.4, 0.5) is 0 Å². The zero-order valence-electron chi connectivity index (χ0n) is 10.7. The maximum absolute atomic E-state index is 11.2. The minimum atomic E-state index is -0.352. The number of methoxy groups -OCH3 is 1. The molecule has 6 heteroatoms. The highest BCUT2D eigenvalue weighted by molar-refractivity contribution is 7.99. The van der Waals surface area contributed by atoms with Crippen molar-refractivity contribution >= 4 is 17.7 Å². The van der Waals surface area contributed by atoms with Gasteiger partial charge in [0.2, 0.25) is 0 Å². The first-order valence-corrected chi connectivity index (χ1v) is 6.74. The lowest BCUT2D eigenvalue weighted by molar-refractivity contribution is -0.137. The second-order valence-electron chi connectivity index (χ2n) is 3.76. The van der Waals surface area contributed by atoms with E-state index in [0.29, 0.717) is 10.6 Å². The molecule has 2 rings (SSSR count). The van der Waals surface area contributed by atoms with E-state index in [0.717, 1.165) is 11.3 Å². The first-order valence-electron chi connectivity index (χ1n) is 5.75. The summed E-state index contributed by atoms with van der Waals surface area (Å²) in [5.74, 6) is -0.229. The van der Waals surface area contributed by atoms with Crippen LogP contribution in [0.3, 0.4) is 0 Å². The summed E-state index contributed by atoms with van der Waals surface area (Å²) in [5, 5.41) is 9.59. The van der Waals surface area contributed by atoms with Crippen molar-refractivity contribution in [3.05, 3.63) is 42.2 Å². The molecule has 0 spiro atoms. The lowest BCUT2D eigenvalue weighted by atomic mass is 10.1. The van der Waals surface area contributed by atoms with Gasteiger partial charge in [0.25, 0.3) is 0 Å². The SMILES string of the molecule is COC(=O)CSc1nc(-c2ccncc2)ccc1C#N. The van der Waals surface area contributed by atoms with Crippen molar-refractivity contribution in [1.29, 1.82) is 5.26 Å². The lowest BCUT2D eigenvalue weighted by Gasteiger charge is -2.06. The van der Waals surface area contributed by atoms with E-state index in [-0.39, 0.29) is 11.7 Å². The molecule has 0 atom stereocenters. The second kappa shape index (κ2) is 6.68. The highest BCUT2D eigenvalue weighted by atomic mass is 32.2. The van der Waals surface area contributed by atoms with Crippen molar-refractivity contribution < 1.29 is 9.53 Å². The summed E-state index contributed by atoms with van der Waals surface area (Å²) in [5.41, 5.74) is 2.08. The van der Waals surface area contributed by atoms with Gasteiger partial charge in [0.1, 0.15) is 11.1 Å². The van der Waals surface area contributed by atoms with Crippen LogP contribution in [-0.4, -0.2) is 28.8 Å². The number of thioether (sulfide) groups is 1. The number of nitrogens with zero attached hydrogens (tertiary/aromatic N) is 3. The lowest BCUT2D eigenvalue weighted by Crippen LogP contribution is -2.04. The smallest absolute Gasteiger partial charge is 0.316 e. The van der Waals surface area contributed by atoms with Gasteiger partial charge < -0.3 is 4.74 Å². The summed E-state index contributed by atoms with van der Waals surface area (Å²) in [6.07, 6.45) is 3.35. The summed E-state index contributed by atoms with van der Waals surface area (Å²) in [6.45, 7) is 0. The molecule has 0 aliphatic carbocycles. The number of nitriles is 1. The molecule has 0 fully saturated rings. The van der Waals surface area contributed by atoms with Crippen molar-refractivity contribution in [2.24, 2.45) is 0 Å². The Bertz CT molecular complexity index is 653. The van der Waals surface area contributed by atoms with Crippen LogP contribution in [0.5, 0.6) is 0 Å². The Morgan fingerprint density at radius 3 is 2.75 bits per heavy atom. The molecule has 0 unspecified atom stereocenters. The van der Waals surface area contributed by atoms with Crippen molar-refractivity contribution in [2.75, 3.05) is 12.9 Å². The maximum atomic E-state index is 11.2. The fourth-order valence-electron chi connectivity index (χ4n) is 1.51. The van der Waals surface area contributed by atoms with Crippen molar-refractivity contribution in [3.8, 4) is 17.3 Å². The van der Waals surface area contributed by atoms with Crippen LogP contribution in [-0.2, 0) is 9.53 Å². The van der Waals surface area contributed by atoms with Crippen LogP contribution in [0.1, 0.15) is 5.56 Å². The van der Waals surface area contributed by atoms with Gasteiger partial charge in [-0.2, -0.15) is 5.26 Å². The van der Waals surface area contributed by atoms with E-state index >= 15 is 0 Å². The molecule has 20 heavy (non-hydrogen) atoms. The van der Waals surface area contributed by atoms with E-state index in [1.54, 1.807) is 24.5 Å². The highest BCUT2D eigenvalue weighted by Crippen LogP contribution is 2.24. The van der Waals surface area contributed by atoms with Gasteiger partial charge in [0.15, 0.2) is 0 Å². The van der Waals surface area contributed by atoms with Gasteiger partial charge in [0, 0.05) is 18.0 Å². The Balaban J connectivity index is 2.30. The van der Waals surface area contributed by atoms with Crippen LogP contribution in [0, 0.1) is 11.3 Å². The summed E-state index contributed by atoms with van der Waals surface area (Å²) < 4.78 is 4.58. The van der Waals surface area contributed by atoms with Crippen LogP contribution in [0.25, 0.3) is 11.3 Å². The Morgan fingerprint density at radius 2 is 2.10 bits per heavy atom. The molecular weight excluding hydrogens is 274 g/mol. The number of carbonyl (C=O) groups excluding carboxylic acids is 1. The molecule has 0 bridgehead atoms. The largest absolute Gasteiger partial charge is 0.468 e. The third-order valence-electron chi connectivity index (χ3n) is 2.51. The molecule has 2 aromatic rings. The van der Waals surface area contributed by atoms with Crippen molar-refractivity contribution in [3.63, 3.8) is 0 Å². The molecule has 0 radical (unpaired) electrons. The molecule has 2 heterocycles. The molecular formula is C14H11N3O2S. The fraction of sp³-hybridized carbons (Fsp3) is 0.143. The molecule has 0 aliphatic heterocycles. The number of rotatable bonds is 4. The first-order chi connectivity index (χ1) is 9.74. The standard InChI is InChI=1S/C14H11N3O2S/c1-19-13(18)9-20-14-11(8-15)2-3-12(17-14)10-4-6-16-7-5-10/h2-7H,9H2,1H3. The Hall–Kier alpha value is -2.39. The number of pyridine rings is 2. The molecule has 0 saturated heterocycles. The van der Waals surface area contributed by atoms with Crippen LogP contribution >= 0.6 is 11.8 Å². The predicted molar refractivity (Wildman–Crippen MR) is 74.9 cm³/mol. The molecule has 0 amide bonds. The third kappa shape index (κ3) is 3.33. The van der Waals surface area contributed by atoms with Crippen LogP contribution in [0.15, 0.2) is 41.7 Å². The van der Waals surface area contributed by atoms with Gasteiger partial charge in [-0.1, -0.05) is 11.8 Å². The molecule has 5 nitrogen and oxygen atoms in total. The van der Waals surface area contributed by atoms with Gasteiger partial charge in [0.05, 0.1) is 24.1 Å². The summed E-state index contributed by atoms with van der Waals surface area (Å²) in [7, 11) is 1.33. The second-order valence-corrected chi connectivity index (χ2v) is 4.73. The van der Waals surface area contributed by atoms with E-state index in [9.17, 15) is 4.79 Å². The third-order valence-corrected chi connectivity index (χ3v) is 3.48. The summed E-state index contributed by atoms with van der Waals surface area (Å²) in [6, 6.07) is 9.21. The zero-order valence-corrected chi connectivity index (χ0v) is 11.6. The topological polar surface area (TPSA) is 75.9 Å². The Kier molecular flexibility index (Phi) is 4.69. The van der Waals surface area contributed by atoms with Gasteiger partial charge in [-0.25, -0.2) is 4.98 Å². The number of ether oxygens (including phenoxy) is 1. The highest BCUT2D eigenvalue weighted by Gasteiger charge is 2.10. The number of esters is 1. The fourth-order valence-corrected chi connectivity index (χ4v) is 2.31. The molecule has 2 aromatic heterocycles. The molecule has 0 N–H and O–H groups in total. The molecule has 100 valence electrons. The van der Waals surface area contributed by atoms with E-state index in [4.69, 9.17) is 5.26 Å². The normalized spacial score (nSPS) is 9.80. The maximum Gasteiger partial charge on any atom is 0.316 e. The van der Waals surface area contributed by atoms with E-state index in [1.165, 1.54) is 18.9 Å². The summed E-state index contributed by atoms with van der Waals surface area (Å²) >= 11 is 1.19. The van der Waals surface area contributed by atoms with Crippen LogP contribution in [0.2, 0.25) is 0 Å². The first kappa shape index (κ1) is 14.0. The zero-order chi connectivity index (χ0) is 14.4. The molecule has 0 saturated carbocycles. The monoisotopic (exact) mass is 285 g/mol. The molecule has 0 aromatic carbocycles. The average molecular weight is 285 g/mol. The predicted octanol–water partition coefficient (Wildman–Crippen LogP) is 2.28. The van der Waals surface area contributed by atoms with Gasteiger partial charge in [-0.05, 0) is 24.3 Å². The van der Waals surface area contributed by atoms with Crippen molar-refractivity contribution in [1.82, 2.24) is 9.97 Å². The van der Waals surface area contributed by atoms with Gasteiger partial charge in [-0.3, -0.25) is 9.78 Å². The number of hydrogen-bond donors (Lipinski definition) is 0. The molecule has 0 aliphatic rings. The minimum absolute atomic E-state index is 0.123. The van der Waals surface area contributed by atoms with Crippen LogP contribution < -0.4 is 0 Å². The number of aromatic nitrogens is 2. The minimum Gasteiger partial charge on any atom is -0.468 e. The van der Waals surface area contributed by atoms with E-state index < -0.39 is 0 Å². The Morgan fingerprint density at radius 1 is 1.35 bits per heavy atom. The van der Waals surface area contributed by atoms with Gasteiger partial charge in [-0.15, -0.1) is 0 Å². The van der Waals surface area contributed by atoms with E-state index in [2.05, 4.69) is 20.8 Å². The van der Waals surface area contributed by atoms with Gasteiger partial charge >= 0.3 is 5.97 Å². The van der Waals surface area contributed by atoms with Crippen molar-refractivity contribution in [2.45, 2.75) is 5.03 Å². The average Bonchev–Trinajstić information content (AvgIpc) is 2.53. The number of carbonyl (C=O) groups is 1.